The second-order valence-electron chi connectivity index (χ2n) is 1.75. The Labute approximate surface area is 67.9 Å². The lowest BCUT2D eigenvalue weighted by Crippen LogP contribution is -2.28. The number of nitrogens with two attached hydrogens (primary N) is 2. The third kappa shape index (κ3) is 2.04. The highest BCUT2D eigenvalue weighted by Gasteiger charge is 2.22. The van der Waals surface area contributed by atoms with Crippen LogP contribution < -0.4 is 11.5 Å². The van der Waals surface area contributed by atoms with Gasteiger partial charge in [0.25, 0.3) is 5.91 Å². The quantitative estimate of drug-likeness (QED) is 0.309. The first kappa shape index (κ1) is 10.1. The van der Waals surface area contributed by atoms with E-state index in [1.165, 1.54) is 7.05 Å². The van der Waals surface area contributed by atoms with E-state index in [1.807, 2.05) is 0 Å². The van der Waals surface area contributed by atoms with Gasteiger partial charge < -0.3 is 11.5 Å². The minimum atomic E-state index is -0.981. The fraction of sp³-hybridized carbons (Fsp3) is 0.200. The van der Waals surface area contributed by atoms with E-state index < -0.39 is 22.2 Å². The number of carbonyl (C=O) groups is 1. The van der Waals surface area contributed by atoms with Gasteiger partial charge in [0.15, 0.2) is 0 Å². The third-order valence-electron chi connectivity index (χ3n) is 1.05. The number of rotatable bonds is 3. The normalized spacial score (nSPS) is 12.8. The zero-order chi connectivity index (χ0) is 9.72. The van der Waals surface area contributed by atoms with Gasteiger partial charge in [-0.15, -0.1) is 0 Å². The zero-order valence-electron chi connectivity index (χ0n) is 6.35. The fourth-order valence-electron chi connectivity index (χ4n) is 0.577. The van der Waals surface area contributed by atoms with Crippen LogP contribution in [-0.2, 0) is 4.79 Å². The van der Waals surface area contributed by atoms with Crippen LogP contribution in [0.5, 0.6) is 0 Å². The Morgan fingerprint density at radius 2 is 2.17 bits per heavy atom. The predicted molar refractivity (Wildman–Crippen MR) is 41.8 cm³/mol. The van der Waals surface area contributed by atoms with Gasteiger partial charge in [0, 0.05) is 7.05 Å². The van der Waals surface area contributed by atoms with Gasteiger partial charge in [-0.25, -0.2) is 0 Å². The molecule has 0 saturated heterocycles. The number of hydrogen-bond donors (Lipinski definition) is 2. The molecule has 0 aliphatic rings. The van der Waals surface area contributed by atoms with E-state index in [9.17, 15) is 14.9 Å². The Morgan fingerprint density at radius 3 is 2.25 bits per heavy atom. The molecule has 0 fully saturated rings. The van der Waals surface area contributed by atoms with Gasteiger partial charge in [0.1, 0.15) is 0 Å². The van der Waals surface area contributed by atoms with E-state index in [-0.39, 0.29) is 0 Å². The molecular weight excluding hydrogens is 164 g/mol. The number of carbonyl (C=O) groups excluding carboxylic acids is 1. The Bertz CT molecular complexity index is 240. The highest BCUT2D eigenvalue weighted by atomic mass is 16.6. The summed E-state index contributed by atoms with van der Waals surface area (Å²) >= 11 is 0. The highest BCUT2D eigenvalue weighted by Crippen LogP contribution is 1.96. The first-order valence-electron chi connectivity index (χ1n) is 2.87. The lowest BCUT2D eigenvalue weighted by atomic mass is 10.3. The van der Waals surface area contributed by atoms with E-state index in [0.29, 0.717) is 6.20 Å². The minimum absolute atomic E-state index is 0.442. The van der Waals surface area contributed by atoms with Crippen molar-refractivity contribution in [1.82, 2.24) is 0 Å². The molecule has 66 valence electrons. The molecule has 0 heterocycles. The Balaban J connectivity index is 4.99. The largest absolute Gasteiger partial charge is 0.399 e. The monoisotopic (exact) mass is 172 g/mol. The van der Waals surface area contributed by atoms with E-state index in [0.717, 1.165) is 0 Å². The molecule has 0 aliphatic carbocycles. The molecule has 7 heteroatoms. The highest BCUT2D eigenvalue weighted by molar-refractivity contribution is 6.44. The maximum atomic E-state index is 10.5. The molecule has 0 radical (unpaired) electrons. The van der Waals surface area contributed by atoms with Gasteiger partial charge in [-0.1, -0.05) is 0 Å². The van der Waals surface area contributed by atoms with Gasteiger partial charge in [-0.05, 0) is 0 Å². The van der Waals surface area contributed by atoms with Crippen LogP contribution in [0.2, 0.25) is 0 Å². The number of primary amides is 1. The average molecular weight is 172 g/mol. The van der Waals surface area contributed by atoms with Crippen LogP contribution in [0.1, 0.15) is 0 Å². The minimum Gasteiger partial charge on any atom is -0.399 e. The molecule has 12 heavy (non-hydrogen) atoms. The van der Waals surface area contributed by atoms with Gasteiger partial charge in [0.2, 0.25) is 5.71 Å². The molecule has 0 spiro atoms. The smallest absolute Gasteiger partial charge is 0.315 e. The third-order valence-corrected chi connectivity index (χ3v) is 1.05. The van der Waals surface area contributed by atoms with Gasteiger partial charge in [0.05, 0.1) is 11.1 Å². The van der Waals surface area contributed by atoms with E-state index in [1.54, 1.807) is 0 Å². The average Bonchev–Trinajstić information content (AvgIpc) is 1.98. The van der Waals surface area contributed by atoms with Crippen molar-refractivity contribution in [2.24, 2.45) is 16.5 Å². The van der Waals surface area contributed by atoms with Gasteiger partial charge >= 0.3 is 5.70 Å². The van der Waals surface area contributed by atoms with Crippen molar-refractivity contribution in [3.63, 3.8) is 0 Å². The second kappa shape index (κ2) is 4.06. The molecule has 7 nitrogen and oxygen atoms in total. The zero-order valence-corrected chi connectivity index (χ0v) is 6.35. The van der Waals surface area contributed by atoms with E-state index in [4.69, 9.17) is 11.5 Å². The van der Waals surface area contributed by atoms with E-state index in [2.05, 4.69) is 4.99 Å². The van der Waals surface area contributed by atoms with Crippen molar-refractivity contribution in [2.75, 3.05) is 7.05 Å². The molecule has 0 aromatic heterocycles. The van der Waals surface area contributed by atoms with Crippen LogP contribution >= 0.6 is 0 Å². The summed E-state index contributed by atoms with van der Waals surface area (Å²) in [5, 5.41) is 10.2. The van der Waals surface area contributed by atoms with Crippen molar-refractivity contribution < 1.29 is 9.72 Å². The molecule has 0 aromatic carbocycles. The topological polar surface area (TPSA) is 125 Å². The van der Waals surface area contributed by atoms with Crippen molar-refractivity contribution in [2.45, 2.75) is 0 Å². The number of nitro groups is 1. The van der Waals surface area contributed by atoms with Crippen LogP contribution in [-0.4, -0.2) is 23.6 Å². The van der Waals surface area contributed by atoms with Gasteiger partial charge in [-0.2, -0.15) is 0 Å². The van der Waals surface area contributed by atoms with E-state index >= 15 is 0 Å². The van der Waals surface area contributed by atoms with Crippen LogP contribution in [0.3, 0.4) is 0 Å². The number of amides is 1. The lowest BCUT2D eigenvalue weighted by molar-refractivity contribution is -0.415. The molecule has 0 unspecified atom stereocenters. The summed E-state index contributed by atoms with van der Waals surface area (Å²) in [6, 6.07) is 0. The molecule has 4 N–H and O–H groups in total. The van der Waals surface area contributed by atoms with Crippen LogP contribution in [0, 0.1) is 10.1 Å². The predicted octanol–water partition coefficient (Wildman–Crippen LogP) is -1.38. The van der Waals surface area contributed by atoms with Crippen molar-refractivity contribution in [3.8, 4) is 0 Å². The van der Waals surface area contributed by atoms with Gasteiger partial charge in [-0.3, -0.25) is 19.9 Å². The summed E-state index contributed by atoms with van der Waals surface area (Å²) in [7, 11) is 1.22. The molecule has 0 bridgehead atoms. The summed E-state index contributed by atoms with van der Waals surface area (Å²) in [5.74, 6) is -0.981. The molecule has 0 rings (SSSR count). The number of nitrogens with zero attached hydrogens (tertiary/aromatic N) is 2. The summed E-state index contributed by atoms with van der Waals surface area (Å²) in [6.07, 6.45) is 0.674. The molecule has 0 atom stereocenters. The molecular formula is C5H8N4O3. The van der Waals surface area contributed by atoms with Crippen molar-refractivity contribution in [1.29, 1.82) is 0 Å². The van der Waals surface area contributed by atoms with Crippen LogP contribution in [0.25, 0.3) is 0 Å². The Hall–Kier alpha value is -1.92. The standard InChI is InChI=1S/C5H8N4O3/c1-8-4(5(7)10)3(2-6)9(11)12/h2H,6H2,1H3,(H2,7,10). The number of aliphatic imine (C=N–C) groups is 1. The lowest BCUT2D eigenvalue weighted by Gasteiger charge is -1.96. The summed E-state index contributed by atoms with van der Waals surface area (Å²) < 4.78 is 0. The SMILES string of the molecule is CN=C(C(N)=O)C(=CN)[N+](=O)[O-]. The first-order valence-corrected chi connectivity index (χ1v) is 2.87. The second-order valence-corrected chi connectivity index (χ2v) is 1.75. The van der Waals surface area contributed by atoms with Crippen LogP contribution in [0.15, 0.2) is 16.9 Å². The molecule has 0 saturated carbocycles. The summed E-state index contributed by atoms with van der Waals surface area (Å²) in [5.41, 5.74) is 8.65. The molecule has 0 aromatic rings. The Morgan fingerprint density at radius 1 is 1.67 bits per heavy atom. The van der Waals surface area contributed by atoms with Crippen molar-refractivity contribution in [3.05, 3.63) is 22.0 Å². The summed E-state index contributed by atoms with van der Waals surface area (Å²) in [6.45, 7) is 0. The Kier molecular flexibility index (Phi) is 3.41. The fourth-order valence-corrected chi connectivity index (χ4v) is 0.577. The molecule has 1 amide bonds. The molecule has 0 aliphatic heterocycles. The number of hydrogen-bond acceptors (Lipinski definition) is 5. The first-order chi connectivity index (χ1) is 5.54. The maximum absolute atomic E-state index is 10.5. The van der Waals surface area contributed by atoms with Crippen molar-refractivity contribution >= 4 is 11.6 Å². The maximum Gasteiger partial charge on any atom is 0.315 e. The van der Waals surface area contributed by atoms with Crippen LogP contribution in [0.4, 0.5) is 0 Å². The summed E-state index contributed by atoms with van der Waals surface area (Å²) in [4.78, 5) is 23.2.